The molecule has 0 aliphatic carbocycles. The van der Waals surface area contributed by atoms with Crippen molar-refractivity contribution in [2.24, 2.45) is 0 Å². The fraction of sp³-hybridized carbons (Fsp3) is 0.818. The fourth-order valence-electron chi connectivity index (χ4n) is 0.994. The molecule has 0 rings (SSSR count). The molecule has 1 heteroatoms. The molecule has 0 spiro atoms. The largest absolute Gasteiger partial charge is 0.258 e. The molecule has 0 aliphatic rings. The lowest BCUT2D eigenvalue weighted by atomic mass is 10.1. The molecule has 0 aliphatic heterocycles. The van der Waals surface area contributed by atoms with E-state index in [1.807, 2.05) is 0 Å². The third-order valence-corrected chi connectivity index (χ3v) is 1.73. The van der Waals surface area contributed by atoms with Gasteiger partial charge in [0.25, 0.3) is 0 Å². The monoisotopic (exact) mass is 166 g/mol. The minimum atomic E-state index is 0.585. The molecular formula is C11H20N. The maximum absolute atomic E-state index is 6.95. The minimum Gasteiger partial charge on any atom is -0.258 e. The lowest BCUT2D eigenvalue weighted by molar-refractivity contribution is 0.652. The Morgan fingerprint density at radius 1 is 0.917 bits per heavy atom. The molecule has 0 unspecified atom stereocenters. The molecular weight excluding hydrogens is 146 g/mol. The maximum atomic E-state index is 6.95. The van der Waals surface area contributed by atoms with Gasteiger partial charge in [-0.25, -0.2) is 0 Å². The Hall–Kier alpha value is -0.480. The smallest absolute Gasteiger partial charge is 0.00997 e. The summed E-state index contributed by atoms with van der Waals surface area (Å²) in [7, 11) is 0. The summed E-state index contributed by atoms with van der Waals surface area (Å²) in [5, 5.41) is 0. The molecule has 0 saturated heterocycles. The van der Waals surface area contributed by atoms with Crippen LogP contribution >= 0.6 is 0 Å². The Labute approximate surface area is 76.7 Å². The van der Waals surface area contributed by atoms with Gasteiger partial charge >= 0.3 is 0 Å². The Morgan fingerprint density at radius 3 is 2.25 bits per heavy atom. The van der Waals surface area contributed by atoms with Gasteiger partial charge in [0, 0.05) is 19.4 Å². The molecule has 0 aromatic heterocycles. The molecule has 0 amide bonds. The van der Waals surface area contributed by atoms with Gasteiger partial charge in [0.1, 0.15) is 0 Å². The van der Waals surface area contributed by atoms with Crippen molar-refractivity contribution in [3.63, 3.8) is 0 Å². The second-order valence-electron chi connectivity index (χ2n) is 3.02. The molecule has 12 heavy (non-hydrogen) atoms. The molecule has 0 aromatic rings. The van der Waals surface area contributed by atoms with Crippen molar-refractivity contribution in [1.29, 1.82) is 0 Å². The maximum Gasteiger partial charge on any atom is 0.00997 e. The van der Waals surface area contributed by atoms with E-state index in [1.54, 1.807) is 0 Å². The summed E-state index contributed by atoms with van der Waals surface area (Å²) < 4.78 is 0. The van der Waals surface area contributed by atoms with Crippen LogP contribution in [0.1, 0.15) is 51.9 Å². The average Bonchev–Trinajstić information content (AvgIpc) is 2.10. The molecule has 0 atom stereocenters. The van der Waals surface area contributed by atoms with E-state index >= 15 is 0 Å². The predicted molar refractivity (Wildman–Crippen MR) is 53.7 cm³/mol. The van der Waals surface area contributed by atoms with Crippen molar-refractivity contribution in [3.8, 4) is 11.8 Å². The van der Waals surface area contributed by atoms with Crippen molar-refractivity contribution >= 4 is 0 Å². The van der Waals surface area contributed by atoms with E-state index in [1.165, 1.54) is 25.7 Å². The summed E-state index contributed by atoms with van der Waals surface area (Å²) in [6.45, 7) is 2.74. The second-order valence-corrected chi connectivity index (χ2v) is 3.02. The molecule has 0 aromatic carbocycles. The Kier molecular flexibility index (Phi) is 10.1. The lowest BCUT2D eigenvalue weighted by Gasteiger charge is -1.93. The van der Waals surface area contributed by atoms with E-state index in [4.69, 9.17) is 5.73 Å². The van der Waals surface area contributed by atoms with Gasteiger partial charge in [-0.1, -0.05) is 19.8 Å². The van der Waals surface area contributed by atoms with Crippen LogP contribution in [0.15, 0.2) is 0 Å². The van der Waals surface area contributed by atoms with Crippen LogP contribution in [-0.4, -0.2) is 6.54 Å². The van der Waals surface area contributed by atoms with Gasteiger partial charge in [0.05, 0.1) is 0 Å². The van der Waals surface area contributed by atoms with Crippen LogP contribution in [0.2, 0.25) is 0 Å². The Balaban J connectivity index is 2.96. The van der Waals surface area contributed by atoms with Crippen molar-refractivity contribution in [1.82, 2.24) is 5.73 Å². The first-order valence-corrected chi connectivity index (χ1v) is 5.02. The van der Waals surface area contributed by atoms with E-state index < -0.39 is 0 Å². The van der Waals surface area contributed by atoms with Crippen LogP contribution in [0.5, 0.6) is 0 Å². The molecule has 0 fully saturated rings. The molecule has 1 nitrogen and oxygen atoms in total. The Morgan fingerprint density at radius 2 is 1.58 bits per heavy atom. The van der Waals surface area contributed by atoms with Crippen LogP contribution in [0.25, 0.3) is 0 Å². The summed E-state index contributed by atoms with van der Waals surface area (Å²) in [4.78, 5) is 0. The lowest BCUT2D eigenvalue weighted by Crippen LogP contribution is -1.84. The molecule has 0 heterocycles. The van der Waals surface area contributed by atoms with Gasteiger partial charge in [-0.05, 0) is 19.3 Å². The molecule has 1 N–H and O–H groups in total. The molecule has 69 valence electrons. The third-order valence-electron chi connectivity index (χ3n) is 1.73. The minimum absolute atomic E-state index is 0.585. The summed E-state index contributed by atoms with van der Waals surface area (Å²) in [5.41, 5.74) is 6.95. The molecule has 0 saturated carbocycles. The number of nitrogens with one attached hydrogen (secondary N) is 1. The van der Waals surface area contributed by atoms with E-state index in [0.717, 1.165) is 19.3 Å². The zero-order chi connectivity index (χ0) is 9.07. The third kappa shape index (κ3) is 9.52. The van der Waals surface area contributed by atoms with Gasteiger partial charge in [-0.2, -0.15) is 0 Å². The highest BCUT2D eigenvalue weighted by molar-refractivity contribution is 4.98. The van der Waals surface area contributed by atoms with E-state index in [2.05, 4.69) is 18.8 Å². The first-order valence-electron chi connectivity index (χ1n) is 5.02. The van der Waals surface area contributed by atoms with E-state index in [-0.39, 0.29) is 0 Å². The summed E-state index contributed by atoms with van der Waals surface area (Å²) >= 11 is 0. The van der Waals surface area contributed by atoms with Gasteiger partial charge < -0.3 is 0 Å². The van der Waals surface area contributed by atoms with Crippen molar-refractivity contribution in [3.05, 3.63) is 0 Å². The van der Waals surface area contributed by atoms with E-state index in [9.17, 15) is 0 Å². The predicted octanol–water partition coefficient (Wildman–Crippen LogP) is 3.02. The van der Waals surface area contributed by atoms with Gasteiger partial charge in [0.15, 0.2) is 0 Å². The van der Waals surface area contributed by atoms with E-state index in [0.29, 0.717) is 6.54 Å². The summed E-state index contributed by atoms with van der Waals surface area (Å²) in [6, 6.07) is 0. The summed E-state index contributed by atoms with van der Waals surface area (Å²) in [5.74, 6) is 6.31. The standard InChI is InChI=1S/C11H20N/c1-2-3-4-5-6-7-8-9-10-11-12/h12H,2-3,6-11H2,1H3. The van der Waals surface area contributed by atoms with Crippen LogP contribution in [0.4, 0.5) is 0 Å². The molecule has 1 radical (unpaired) electrons. The fourth-order valence-corrected chi connectivity index (χ4v) is 0.994. The number of hydrogen-bond donors (Lipinski definition) is 0. The van der Waals surface area contributed by atoms with Crippen molar-refractivity contribution in [2.45, 2.75) is 51.9 Å². The zero-order valence-corrected chi connectivity index (χ0v) is 8.16. The number of unbranched alkanes of at least 4 members (excludes halogenated alkanes) is 5. The SMILES string of the molecule is CCCC#CCCCCCC[NH]. The highest BCUT2D eigenvalue weighted by Gasteiger charge is 1.85. The Bertz CT molecular complexity index is 130. The highest BCUT2D eigenvalue weighted by atomic mass is 14.5. The second kappa shape index (κ2) is 10.5. The van der Waals surface area contributed by atoms with Gasteiger partial charge in [-0.15, -0.1) is 11.8 Å². The number of hydrogen-bond acceptors (Lipinski definition) is 0. The molecule has 0 bridgehead atoms. The summed E-state index contributed by atoms with van der Waals surface area (Å²) in [6.07, 6.45) is 8.01. The first-order chi connectivity index (χ1) is 5.91. The van der Waals surface area contributed by atoms with Gasteiger partial charge in [-0.3, -0.25) is 5.73 Å². The number of rotatable bonds is 6. The quantitative estimate of drug-likeness (QED) is 0.428. The first kappa shape index (κ1) is 11.5. The van der Waals surface area contributed by atoms with Crippen LogP contribution in [0.3, 0.4) is 0 Å². The average molecular weight is 166 g/mol. The van der Waals surface area contributed by atoms with Crippen molar-refractivity contribution < 1.29 is 0 Å². The highest BCUT2D eigenvalue weighted by Crippen LogP contribution is 2.01. The zero-order valence-electron chi connectivity index (χ0n) is 8.16. The van der Waals surface area contributed by atoms with Crippen LogP contribution < -0.4 is 5.73 Å². The van der Waals surface area contributed by atoms with Gasteiger partial charge in [0.2, 0.25) is 0 Å². The normalized spacial score (nSPS) is 9.17. The van der Waals surface area contributed by atoms with Crippen molar-refractivity contribution in [2.75, 3.05) is 6.54 Å². The van der Waals surface area contributed by atoms with Crippen LogP contribution in [0, 0.1) is 11.8 Å². The topological polar surface area (TPSA) is 23.8 Å². The van der Waals surface area contributed by atoms with Crippen LogP contribution in [-0.2, 0) is 0 Å².